The summed E-state index contributed by atoms with van der Waals surface area (Å²) in [6, 6.07) is 8.48. The molecule has 0 spiro atoms. The fourth-order valence-corrected chi connectivity index (χ4v) is 21.9. The number of hydrogen-bond donors (Lipinski definition) is 4. The minimum atomic E-state index is 0.588. The summed E-state index contributed by atoms with van der Waals surface area (Å²) in [5.41, 5.74) is 0. The van der Waals surface area contributed by atoms with Crippen molar-refractivity contribution < 1.29 is 0 Å². The molecule has 384 valence electrons. The van der Waals surface area contributed by atoms with Gasteiger partial charge in [0.25, 0.3) is 0 Å². The molecule has 13 aliphatic rings. The Morgan fingerprint density at radius 3 is 0.882 bits per heavy atom. The average Bonchev–Trinajstić information content (AvgIpc) is 3.94. The molecule has 9 aliphatic carbocycles. The smallest absolute Gasteiger partial charge is 0.0605 e. The highest BCUT2D eigenvalue weighted by Gasteiger charge is 2.63. The number of rotatable bonds is 8. The lowest BCUT2D eigenvalue weighted by Crippen LogP contribution is -2.64. The average molecular weight is 936 g/mol. The minimum absolute atomic E-state index is 0.588. The van der Waals surface area contributed by atoms with Crippen molar-refractivity contribution in [3.63, 3.8) is 0 Å². The van der Waals surface area contributed by atoms with Crippen LogP contribution in [-0.2, 0) is 0 Å². The summed E-state index contributed by atoms with van der Waals surface area (Å²) in [5.74, 6) is 9.47. The Morgan fingerprint density at radius 1 is 0.235 bits per heavy atom. The van der Waals surface area contributed by atoms with Gasteiger partial charge in [0.2, 0.25) is 0 Å². The summed E-state index contributed by atoms with van der Waals surface area (Å²) < 4.78 is 0. The van der Waals surface area contributed by atoms with Gasteiger partial charge in [-0.05, 0) is 213 Å². The SMILES string of the molecule is C1CCC(C2CC(C3CCC(N4C5CCCCC5C5C6C7CCCCC7N(C7CCC(C8CC(C9CCCCC9)NC(C9CCCCC9)N8)CC7)C6CCC54)CC3)NC(C3CCCCC3)N2)CC1. The van der Waals surface area contributed by atoms with Crippen molar-refractivity contribution >= 4 is 0 Å². The normalized spacial score (nSPS) is 48.9. The van der Waals surface area contributed by atoms with Crippen LogP contribution in [0.15, 0.2) is 0 Å². The number of nitrogens with one attached hydrogen (secondary N) is 4. The summed E-state index contributed by atoms with van der Waals surface area (Å²) >= 11 is 0. The van der Waals surface area contributed by atoms with Gasteiger partial charge in [0.1, 0.15) is 0 Å². The van der Waals surface area contributed by atoms with Crippen molar-refractivity contribution in [3.8, 4) is 0 Å². The Bertz CT molecular complexity index is 1410. The van der Waals surface area contributed by atoms with Crippen LogP contribution in [0, 0.1) is 59.2 Å². The highest BCUT2D eigenvalue weighted by Crippen LogP contribution is 2.61. The highest BCUT2D eigenvalue weighted by molar-refractivity contribution is 5.16. The summed E-state index contributed by atoms with van der Waals surface area (Å²) in [5, 5.41) is 17.6. The van der Waals surface area contributed by atoms with E-state index in [0.29, 0.717) is 12.3 Å². The molecule has 4 N–H and O–H groups in total. The van der Waals surface area contributed by atoms with Gasteiger partial charge in [-0.25, -0.2) is 0 Å². The van der Waals surface area contributed by atoms with Crippen molar-refractivity contribution in [1.29, 1.82) is 0 Å². The Labute approximate surface area is 418 Å². The molecule has 4 saturated heterocycles. The van der Waals surface area contributed by atoms with Gasteiger partial charge in [0, 0.05) is 60.4 Å². The van der Waals surface area contributed by atoms with E-state index in [9.17, 15) is 0 Å². The second-order valence-corrected chi connectivity index (χ2v) is 28.0. The van der Waals surface area contributed by atoms with Gasteiger partial charge >= 0.3 is 0 Å². The van der Waals surface area contributed by atoms with Crippen LogP contribution in [0.2, 0.25) is 0 Å². The predicted octanol–water partition coefficient (Wildman–Crippen LogP) is 13.2. The van der Waals surface area contributed by atoms with Crippen molar-refractivity contribution in [3.05, 3.63) is 0 Å². The first-order chi connectivity index (χ1) is 33.7. The summed E-state index contributed by atoms with van der Waals surface area (Å²) in [6.07, 6.45) is 61.0. The zero-order valence-corrected chi connectivity index (χ0v) is 43.9. The molecule has 13 rings (SSSR count). The van der Waals surface area contributed by atoms with E-state index in [4.69, 9.17) is 0 Å². The van der Waals surface area contributed by atoms with Crippen LogP contribution in [0.3, 0.4) is 0 Å². The molecule has 4 aliphatic heterocycles. The van der Waals surface area contributed by atoms with E-state index in [0.717, 1.165) is 120 Å². The summed E-state index contributed by atoms with van der Waals surface area (Å²) in [7, 11) is 0. The van der Waals surface area contributed by atoms with Crippen LogP contribution in [0.1, 0.15) is 257 Å². The minimum Gasteiger partial charge on any atom is -0.299 e. The summed E-state index contributed by atoms with van der Waals surface area (Å²) in [6.45, 7) is 0. The molecule has 0 amide bonds. The molecule has 14 atom stereocenters. The molecule has 6 nitrogen and oxygen atoms in total. The van der Waals surface area contributed by atoms with E-state index in [1.54, 1.807) is 12.8 Å². The van der Waals surface area contributed by atoms with Gasteiger partial charge in [-0.15, -0.1) is 0 Å². The van der Waals surface area contributed by atoms with Crippen LogP contribution in [0.25, 0.3) is 0 Å². The van der Waals surface area contributed by atoms with E-state index in [2.05, 4.69) is 31.1 Å². The van der Waals surface area contributed by atoms with Gasteiger partial charge in [-0.3, -0.25) is 31.1 Å². The fourth-order valence-electron chi connectivity index (χ4n) is 21.9. The van der Waals surface area contributed by atoms with Crippen LogP contribution in [0.5, 0.6) is 0 Å². The zero-order chi connectivity index (χ0) is 45.0. The lowest BCUT2D eigenvalue weighted by Gasteiger charge is -2.50. The summed E-state index contributed by atoms with van der Waals surface area (Å²) in [4.78, 5) is 6.82. The molecular formula is C62H106N6. The lowest BCUT2D eigenvalue weighted by atomic mass is 9.61. The monoisotopic (exact) mass is 935 g/mol. The fraction of sp³-hybridized carbons (Fsp3) is 1.00. The van der Waals surface area contributed by atoms with Gasteiger partial charge < -0.3 is 0 Å². The highest BCUT2D eigenvalue weighted by atomic mass is 15.3. The molecule has 68 heavy (non-hydrogen) atoms. The molecule has 0 aromatic rings. The van der Waals surface area contributed by atoms with Gasteiger partial charge in [-0.1, -0.05) is 103 Å². The molecule has 14 unspecified atom stereocenters. The molecule has 13 fully saturated rings. The van der Waals surface area contributed by atoms with E-state index < -0.39 is 0 Å². The Kier molecular flexibility index (Phi) is 15.0. The molecule has 9 saturated carbocycles. The standard InChI is InChI=1S/C62H106N6/c1-5-17-41(18-6-1)51-39-53(65-61(63-51)45-21-9-3-10-22-45)43-29-33-47(34-30-43)67-55-27-15-13-25-49(55)59-57(67)37-38-58-60(59)50-26-14-16-28-56(50)68(58)48-35-31-44(32-36-48)54-40-52(42-19-7-2-8-20-42)64-62(66-54)46-23-11-4-12-24-46/h41-66H,1-40H2. The third kappa shape index (κ3) is 9.46. The van der Waals surface area contributed by atoms with E-state index >= 15 is 0 Å². The van der Waals surface area contributed by atoms with Gasteiger partial charge in [0.05, 0.1) is 12.3 Å². The van der Waals surface area contributed by atoms with Crippen molar-refractivity contribution in [2.45, 2.75) is 330 Å². The first kappa shape index (κ1) is 47.5. The topological polar surface area (TPSA) is 54.6 Å². The Morgan fingerprint density at radius 2 is 0.529 bits per heavy atom. The molecule has 0 radical (unpaired) electrons. The van der Waals surface area contributed by atoms with Crippen LogP contribution >= 0.6 is 0 Å². The maximum absolute atomic E-state index is 4.43. The zero-order valence-electron chi connectivity index (χ0n) is 43.9. The Balaban J connectivity index is 0.683. The first-order valence-corrected chi connectivity index (χ1v) is 32.3. The number of likely N-dealkylation sites (tertiary alicyclic amines) is 2. The van der Waals surface area contributed by atoms with Crippen molar-refractivity contribution in [2.24, 2.45) is 59.2 Å². The van der Waals surface area contributed by atoms with Crippen LogP contribution < -0.4 is 21.3 Å². The third-order valence-electron chi connectivity index (χ3n) is 24.9. The molecular weight excluding hydrogens is 829 g/mol. The maximum atomic E-state index is 4.43. The van der Waals surface area contributed by atoms with Crippen molar-refractivity contribution in [1.82, 2.24) is 31.1 Å². The molecule has 0 aromatic heterocycles. The van der Waals surface area contributed by atoms with E-state index in [1.807, 2.05) is 0 Å². The number of hydrogen-bond acceptors (Lipinski definition) is 6. The van der Waals surface area contributed by atoms with Gasteiger partial charge in [0.15, 0.2) is 0 Å². The lowest BCUT2D eigenvalue weighted by molar-refractivity contribution is 0.00737. The van der Waals surface area contributed by atoms with Gasteiger partial charge in [-0.2, -0.15) is 0 Å². The maximum Gasteiger partial charge on any atom is 0.0605 e. The predicted molar refractivity (Wildman–Crippen MR) is 281 cm³/mol. The second kappa shape index (κ2) is 21.5. The van der Waals surface area contributed by atoms with Crippen LogP contribution in [0.4, 0.5) is 0 Å². The van der Waals surface area contributed by atoms with Crippen molar-refractivity contribution in [2.75, 3.05) is 0 Å². The van der Waals surface area contributed by atoms with E-state index in [1.165, 1.54) is 244 Å². The molecule has 0 aromatic carbocycles. The Hall–Kier alpha value is -0.240. The molecule has 6 heteroatoms. The number of nitrogens with zero attached hydrogens (tertiary/aromatic N) is 2. The second-order valence-electron chi connectivity index (χ2n) is 28.0. The molecule has 4 heterocycles. The quantitative estimate of drug-likeness (QED) is 0.195. The largest absolute Gasteiger partial charge is 0.299 e. The number of fused-ring (bicyclic) bond motifs is 7. The first-order valence-electron chi connectivity index (χ1n) is 32.3. The third-order valence-corrected chi connectivity index (χ3v) is 24.9. The van der Waals surface area contributed by atoms with E-state index in [-0.39, 0.29) is 0 Å². The molecule has 0 bridgehead atoms. The van der Waals surface area contributed by atoms with Crippen LogP contribution in [-0.4, -0.2) is 82.5 Å².